The van der Waals surface area contributed by atoms with Gasteiger partial charge in [-0.25, -0.2) is 0 Å². The van der Waals surface area contributed by atoms with Crippen LogP contribution in [0.15, 0.2) is 12.4 Å². The fourth-order valence-electron chi connectivity index (χ4n) is 7.78. The molecule has 0 saturated carbocycles. The van der Waals surface area contributed by atoms with E-state index in [0.29, 0.717) is 6.17 Å². The first-order valence-electron chi connectivity index (χ1n) is 22.5. The first kappa shape index (κ1) is 44.4. The standard InChI is InChI=1S/C45H90N2/c1-4-7-10-13-16-18-20-22-24-25-27-29-31-34-37-40-45-46(41-38-35-32-15-12-9-6-3)43-44-47(45)42-39-36-33-30-28-26-23-21-19-17-14-11-8-5-2/h43-45H,4-42H2,1-3H3. The predicted octanol–water partition coefficient (Wildman–Crippen LogP) is 15.9. The van der Waals surface area contributed by atoms with E-state index in [0.717, 1.165) is 0 Å². The third-order valence-electron chi connectivity index (χ3n) is 11.1. The third kappa shape index (κ3) is 28.8. The van der Waals surface area contributed by atoms with Gasteiger partial charge >= 0.3 is 0 Å². The molecule has 0 aliphatic carbocycles. The summed E-state index contributed by atoms with van der Waals surface area (Å²) in [4.78, 5) is 5.45. The quantitative estimate of drug-likeness (QED) is 0.0606. The highest BCUT2D eigenvalue weighted by Gasteiger charge is 2.24. The Morgan fingerprint density at radius 2 is 0.489 bits per heavy atom. The van der Waals surface area contributed by atoms with Gasteiger partial charge in [-0.05, 0) is 25.7 Å². The second kappa shape index (κ2) is 36.6. The number of hydrogen-bond donors (Lipinski definition) is 0. The largest absolute Gasteiger partial charge is 0.356 e. The zero-order chi connectivity index (χ0) is 33.7. The Labute approximate surface area is 299 Å². The lowest BCUT2D eigenvalue weighted by Crippen LogP contribution is -2.39. The molecule has 1 atom stereocenters. The summed E-state index contributed by atoms with van der Waals surface area (Å²) < 4.78 is 0. The fourth-order valence-corrected chi connectivity index (χ4v) is 7.78. The second-order valence-corrected chi connectivity index (χ2v) is 15.7. The Morgan fingerprint density at radius 1 is 0.277 bits per heavy atom. The first-order chi connectivity index (χ1) is 23.3. The van der Waals surface area contributed by atoms with Crippen LogP contribution < -0.4 is 0 Å². The van der Waals surface area contributed by atoms with Crippen molar-refractivity contribution >= 4 is 0 Å². The predicted molar refractivity (Wildman–Crippen MR) is 214 cm³/mol. The van der Waals surface area contributed by atoms with Gasteiger partial charge in [0, 0.05) is 25.5 Å². The zero-order valence-electron chi connectivity index (χ0n) is 33.2. The van der Waals surface area contributed by atoms with E-state index >= 15 is 0 Å². The number of unbranched alkanes of at least 4 members (excludes halogenated alkanes) is 33. The zero-order valence-corrected chi connectivity index (χ0v) is 33.2. The van der Waals surface area contributed by atoms with Crippen LogP contribution in [-0.2, 0) is 0 Å². The number of nitrogens with zero attached hydrogens (tertiary/aromatic N) is 2. The summed E-state index contributed by atoms with van der Waals surface area (Å²) in [6, 6.07) is 0. The molecule has 1 aliphatic heterocycles. The van der Waals surface area contributed by atoms with Crippen LogP contribution in [0.5, 0.6) is 0 Å². The van der Waals surface area contributed by atoms with E-state index in [1.807, 2.05) is 0 Å². The van der Waals surface area contributed by atoms with Gasteiger partial charge in [0.15, 0.2) is 0 Å². The summed E-state index contributed by atoms with van der Waals surface area (Å²) in [5, 5.41) is 0. The highest BCUT2D eigenvalue weighted by molar-refractivity contribution is 4.97. The van der Waals surface area contributed by atoms with E-state index in [-0.39, 0.29) is 0 Å². The molecule has 0 radical (unpaired) electrons. The van der Waals surface area contributed by atoms with E-state index < -0.39 is 0 Å². The van der Waals surface area contributed by atoms with Crippen LogP contribution in [0, 0.1) is 0 Å². The van der Waals surface area contributed by atoms with E-state index in [2.05, 4.69) is 43.0 Å². The minimum Gasteiger partial charge on any atom is -0.356 e. The SMILES string of the molecule is CCCCCCCCCCCCCCCCCC1N(CCCCCCCCC)C=CN1CCCCCCCCCCCCCCCC. The molecule has 280 valence electrons. The Kier molecular flexibility index (Phi) is 34.6. The summed E-state index contributed by atoms with van der Waals surface area (Å²) in [5.74, 6) is 0. The molecule has 0 saturated heterocycles. The van der Waals surface area contributed by atoms with Gasteiger partial charge in [0.1, 0.15) is 6.17 Å². The maximum Gasteiger partial charge on any atom is 0.101 e. The van der Waals surface area contributed by atoms with Crippen molar-refractivity contribution in [2.75, 3.05) is 13.1 Å². The molecule has 1 unspecified atom stereocenters. The number of hydrogen-bond acceptors (Lipinski definition) is 2. The van der Waals surface area contributed by atoms with E-state index in [9.17, 15) is 0 Å². The fraction of sp³-hybridized carbons (Fsp3) is 0.956. The van der Waals surface area contributed by atoms with Crippen LogP contribution in [0.2, 0.25) is 0 Å². The molecule has 2 heteroatoms. The molecular weight excluding hydrogens is 569 g/mol. The lowest BCUT2D eigenvalue weighted by atomic mass is 10.0. The van der Waals surface area contributed by atoms with Gasteiger partial charge in [0.25, 0.3) is 0 Å². The Morgan fingerprint density at radius 3 is 0.745 bits per heavy atom. The van der Waals surface area contributed by atoms with Crippen LogP contribution in [-0.4, -0.2) is 29.1 Å². The maximum atomic E-state index is 2.73. The molecule has 47 heavy (non-hydrogen) atoms. The summed E-state index contributed by atoms with van der Waals surface area (Å²) in [5.41, 5.74) is 0. The van der Waals surface area contributed by atoms with Crippen LogP contribution in [0.4, 0.5) is 0 Å². The Balaban J connectivity index is 2.16. The van der Waals surface area contributed by atoms with Gasteiger partial charge < -0.3 is 9.80 Å². The van der Waals surface area contributed by atoms with E-state index in [1.54, 1.807) is 0 Å². The van der Waals surface area contributed by atoms with Crippen LogP contribution in [0.3, 0.4) is 0 Å². The molecule has 1 heterocycles. The molecule has 0 amide bonds. The van der Waals surface area contributed by atoms with E-state index in [4.69, 9.17) is 0 Å². The topological polar surface area (TPSA) is 6.48 Å². The molecular formula is C45H90N2. The molecule has 0 spiro atoms. The molecule has 0 bridgehead atoms. The average molecular weight is 659 g/mol. The average Bonchev–Trinajstić information content (AvgIpc) is 3.47. The van der Waals surface area contributed by atoms with Gasteiger partial charge in [-0.15, -0.1) is 0 Å². The van der Waals surface area contributed by atoms with Crippen molar-refractivity contribution in [3.8, 4) is 0 Å². The van der Waals surface area contributed by atoms with Crippen molar-refractivity contribution in [1.82, 2.24) is 9.80 Å². The minimum absolute atomic E-state index is 0.638. The molecule has 0 aromatic rings. The molecule has 0 N–H and O–H groups in total. The third-order valence-corrected chi connectivity index (χ3v) is 11.1. The lowest BCUT2D eigenvalue weighted by molar-refractivity contribution is 0.135. The van der Waals surface area contributed by atoms with Crippen molar-refractivity contribution in [2.24, 2.45) is 0 Å². The Hall–Kier alpha value is -0.660. The summed E-state index contributed by atoms with van der Waals surface area (Å²) >= 11 is 0. The van der Waals surface area contributed by atoms with Gasteiger partial charge in [-0.1, -0.05) is 233 Å². The van der Waals surface area contributed by atoms with Gasteiger partial charge in [-0.3, -0.25) is 0 Å². The number of rotatable bonds is 39. The molecule has 0 aromatic carbocycles. The monoisotopic (exact) mass is 659 g/mol. The Bertz CT molecular complexity index is 615. The van der Waals surface area contributed by atoms with Gasteiger partial charge in [-0.2, -0.15) is 0 Å². The molecule has 1 rings (SSSR count). The van der Waals surface area contributed by atoms with Crippen LogP contribution >= 0.6 is 0 Å². The van der Waals surface area contributed by atoms with Crippen molar-refractivity contribution < 1.29 is 0 Å². The van der Waals surface area contributed by atoms with Crippen molar-refractivity contribution in [1.29, 1.82) is 0 Å². The second-order valence-electron chi connectivity index (χ2n) is 15.7. The first-order valence-corrected chi connectivity index (χ1v) is 22.5. The summed E-state index contributed by atoms with van der Waals surface area (Å²) in [6.07, 6.45) is 58.9. The highest BCUT2D eigenvalue weighted by Crippen LogP contribution is 2.24. The summed E-state index contributed by atoms with van der Waals surface area (Å²) in [6.45, 7) is 9.49. The van der Waals surface area contributed by atoms with E-state index in [1.165, 1.54) is 251 Å². The van der Waals surface area contributed by atoms with Crippen molar-refractivity contribution in [3.05, 3.63) is 12.4 Å². The normalized spacial score (nSPS) is 14.7. The molecule has 0 fully saturated rings. The van der Waals surface area contributed by atoms with Crippen molar-refractivity contribution in [2.45, 2.75) is 265 Å². The summed E-state index contributed by atoms with van der Waals surface area (Å²) in [7, 11) is 0. The minimum atomic E-state index is 0.638. The highest BCUT2D eigenvalue weighted by atomic mass is 15.4. The van der Waals surface area contributed by atoms with Crippen LogP contribution in [0.25, 0.3) is 0 Å². The van der Waals surface area contributed by atoms with Gasteiger partial charge in [0.05, 0.1) is 0 Å². The smallest absolute Gasteiger partial charge is 0.101 e. The van der Waals surface area contributed by atoms with Crippen LogP contribution in [0.1, 0.15) is 258 Å². The molecule has 0 aromatic heterocycles. The maximum absolute atomic E-state index is 2.73. The molecule has 1 aliphatic rings. The van der Waals surface area contributed by atoms with Gasteiger partial charge in [0.2, 0.25) is 0 Å². The molecule has 2 nitrogen and oxygen atoms in total. The van der Waals surface area contributed by atoms with Crippen molar-refractivity contribution in [3.63, 3.8) is 0 Å². The lowest BCUT2D eigenvalue weighted by Gasteiger charge is -2.33.